The van der Waals surface area contributed by atoms with Gasteiger partial charge < -0.3 is 10.4 Å². The van der Waals surface area contributed by atoms with Crippen molar-refractivity contribution in [2.45, 2.75) is 32.2 Å². The predicted molar refractivity (Wildman–Crippen MR) is 77.7 cm³/mol. The number of carboxylic acid groups (broad SMARTS) is 1. The van der Waals surface area contributed by atoms with E-state index in [1.807, 2.05) is 6.92 Å². The Hall–Kier alpha value is -1.53. The fraction of sp³-hybridized carbons (Fsp3) is 0.417. The van der Waals surface area contributed by atoms with E-state index in [4.69, 9.17) is 28.3 Å². The lowest BCUT2D eigenvalue weighted by Gasteiger charge is -2.17. The molecule has 0 aliphatic carbocycles. The van der Waals surface area contributed by atoms with Gasteiger partial charge in [0.25, 0.3) is 5.69 Å². The molecule has 1 aromatic carbocycles. The Balaban J connectivity index is 2.72. The second kappa shape index (κ2) is 7.31. The summed E-state index contributed by atoms with van der Waals surface area (Å²) in [6, 6.07) is 2.39. The Kier molecular flexibility index (Phi) is 6.04. The minimum Gasteiger partial charge on any atom is -0.481 e. The van der Waals surface area contributed by atoms with Crippen molar-refractivity contribution < 1.29 is 14.8 Å². The van der Waals surface area contributed by atoms with Gasteiger partial charge in [0, 0.05) is 24.6 Å². The zero-order valence-electron chi connectivity index (χ0n) is 10.7. The minimum absolute atomic E-state index is 0.0502. The van der Waals surface area contributed by atoms with Crippen molar-refractivity contribution in [1.29, 1.82) is 0 Å². The first-order valence-electron chi connectivity index (χ1n) is 5.93. The van der Waals surface area contributed by atoms with Crippen molar-refractivity contribution in [2.75, 3.05) is 5.32 Å². The molecule has 0 aliphatic rings. The zero-order valence-corrected chi connectivity index (χ0v) is 12.2. The van der Waals surface area contributed by atoms with Crippen LogP contribution in [-0.2, 0) is 4.79 Å². The van der Waals surface area contributed by atoms with E-state index >= 15 is 0 Å². The van der Waals surface area contributed by atoms with Crippen LogP contribution in [0.25, 0.3) is 0 Å². The van der Waals surface area contributed by atoms with Gasteiger partial charge in [-0.05, 0) is 19.8 Å². The van der Waals surface area contributed by atoms with E-state index in [9.17, 15) is 14.9 Å². The third kappa shape index (κ3) is 4.86. The first-order valence-corrected chi connectivity index (χ1v) is 6.68. The van der Waals surface area contributed by atoms with E-state index < -0.39 is 10.9 Å². The molecule has 20 heavy (non-hydrogen) atoms. The predicted octanol–water partition coefficient (Wildman–Crippen LogP) is 3.96. The second-order valence-corrected chi connectivity index (χ2v) is 5.19. The van der Waals surface area contributed by atoms with Crippen molar-refractivity contribution in [3.63, 3.8) is 0 Å². The van der Waals surface area contributed by atoms with Crippen LogP contribution in [0.5, 0.6) is 0 Å². The molecular weight excluding hydrogens is 307 g/mol. The molecule has 0 spiro atoms. The van der Waals surface area contributed by atoms with E-state index in [1.54, 1.807) is 0 Å². The molecule has 8 heteroatoms. The number of hydrogen-bond acceptors (Lipinski definition) is 4. The molecule has 0 aromatic heterocycles. The van der Waals surface area contributed by atoms with Gasteiger partial charge in [0.1, 0.15) is 0 Å². The molecular formula is C12H14Cl2N2O4. The summed E-state index contributed by atoms with van der Waals surface area (Å²) in [6.45, 7) is 1.86. The Bertz CT molecular complexity index is 499. The fourth-order valence-corrected chi connectivity index (χ4v) is 2.27. The highest BCUT2D eigenvalue weighted by molar-refractivity contribution is 6.39. The highest BCUT2D eigenvalue weighted by Gasteiger charge is 2.16. The SMILES string of the molecule is CC(CCCC(=O)O)Nc1c(Cl)cc([N+](=O)[O-])cc1Cl. The maximum atomic E-state index is 10.7. The third-order valence-corrected chi connectivity index (χ3v) is 3.25. The molecule has 2 N–H and O–H groups in total. The Morgan fingerprint density at radius 1 is 1.45 bits per heavy atom. The number of non-ortho nitro benzene ring substituents is 1. The van der Waals surface area contributed by atoms with E-state index in [0.717, 1.165) is 0 Å². The first-order chi connectivity index (χ1) is 9.31. The highest BCUT2D eigenvalue weighted by Crippen LogP contribution is 2.35. The molecule has 6 nitrogen and oxygen atoms in total. The van der Waals surface area contributed by atoms with Crippen molar-refractivity contribution in [2.24, 2.45) is 0 Å². The number of carboxylic acids is 1. The first kappa shape index (κ1) is 16.5. The summed E-state index contributed by atoms with van der Waals surface area (Å²) in [5.41, 5.74) is 0.242. The number of anilines is 1. The molecule has 1 unspecified atom stereocenters. The maximum Gasteiger partial charge on any atom is 0.303 e. The van der Waals surface area contributed by atoms with Crippen molar-refractivity contribution in [3.05, 3.63) is 32.3 Å². The molecule has 1 atom stereocenters. The lowest BCUT2D eigenvalue weighted by atomic mass is 10.1. The Morgan fingerprint density at radius 3 is 2.45 bits per heavy atom. The Labute approximate surface area is 125 Å². The summed E-state index contributed by atoms with van der Waals surface area (Å²) in [7, 11) is 0. The van der Waals surface area contributed by atoms with Gasteiger partial charge in [-0.2, -0.15) is 0 Å². The summed E-state index contributed by atoms with van der Waals surface area (Å²) in [6.07, 6.45) is 1.23. The summed E-state index contributed by atoms with van der Waals surface area (Å²) in [4.78, 5) is 20.5. The van der Waals surface area contributed by atoms with Gasteiger partial charge >= 0.3 is 5.97 Å². The molecule has 0 fully saturated rings. The molecule has 0 amide bonds. The van der Waals surface area contributed by atoms with E-state index in [-0.39, 0.29) is 28.2 Å². The average molecular weight is 321 g/mol. The van der Waals surface area contributed by atoms with E-state index in [0.29, 0.717) is 18.5 Å². The second-order valence-electron chi connectivity index (χ2n) is 4.37. The summed E-state index contributed by atoms with van der Waals surface area (Å²) >= 11 is 11.9. The van der Waals surface area contributed by atoms with Gasteiger partial charge in [-0.25, -0.2) is 0 Å². The lowest BCUT2D eigenvalue weighted by Crippen LogP contribution is -2.16. The average Bonchev–Trinajstić information content (AvgIpc) is 2.32. The Morgan fingerprint density at radius 2 is 2.00 bits per heavy atom. The van der Waals surface area contributed by atoms with Crippen LogP contribution >= 0.6 is 23.2 Å². The summed E-state index contributed by atoms with van der Waals surface area (Å²) in [5, 5.41) is 22.6. The van der Waals surface area contributed by atoms with Crippen molar-refractivity contribution in [1.82, 2.24) is 0 Å². The van der Waals surface area contributed by atoms with Crippen molar-refractivity contribution >= 4 is 40.5 Å². The standard InChI is InChI=1S/C12H14Cl2N2O4/c1-7(3-2-4-11(17)18)15-12-9(13)5-8(16(19)20)6-10(12)14/h5-7,15H,2-4H2,1H3,(H,17,18). The van der Waals surface area contributed by atoms with Gasteiger partial charge in [-0.1, -0.05) is 23.2 Å². The van der Waals surface area contributed by atoms with Gasteiger partial charge in [0.2, 0.25) is 0 Å². The summed E-state index contributed by atoms with van der Waals surface area (Å²) in [5.74, 6) is -0.844. The molecule has 110 valence electrons. The number of carbonyl (C=O) groups is 1. The monoisotopic (exact) mass is 320 g/mol. The van der Waals surface area contributed by atoms with Gasteiger partial charge in [0.15, 0.2) is 0 Å². The van der Waals surface area contributed by atoms with Crippen LogP contribution in [0.3, 0.4) is 0 Å². The normalized spacial score (nSPS) is 11.9. The number of aliphatic carboxylic acids is 1. The number of rotatable bonds is 7. The highest BCUT2D eigenvalue weighted by atomic mass is 35.5. The molecule has 0 heterocycles. The topological polar surface area (TPSA) is 92.5 Å². The third-order valence-electron chi connectivity index (χ3n) is 2.66. The number of halogens is 2. The molecule has 1 aromatic rings. The van der Waals surface area contributed by atoms with Crippen molar-refractivity contribution in [3.8, 4) is 0 Å². The van der Waals surface area contributed by atoms with E-state index in [2.05, 4.69) is 5.32 Å². The number of nitro benzene ring substituents is 1. The van der Waals surface area contributed by atoms with Crippen LogP contribution in [0, 0.1) is 10.1 Å². The number of hydrogen-bond donors (Lipinski definition) is 2. The van der Waals surface area contributed by atoms with Crippen LogP contribution in [0.4, 0.5) is 11.4 Å². The van der Waals surface area contributed by atoms with Crippen LogP contribution < -0.4 is 5.32 Å². The van der Waals surface area contributed by atoms with Crippen LogP contribution in [0.15, 0.2) is 12.1 Å². The maximum absolute atomic E-state index is 10.7. The number of benzene rings is 1. The lowest BCUT2D eigenvalue weighted by molar-refractivity contribution is -0.384. The molecule has 0 aliphatic heterocycles. The molecule has 0 saturated heterocycles. The quantitative estimate of drug-likeness (QED) is 0.586. The largest absolute Gasteiger partial charge is 0.481 e. The van der Waals surface area contributed by atoms with Gasteiger partial charge in [0.05, 0.1) is 20.7 Å². The van der Waals surface area contributed by atoms with Crippen LogP contribution in [-0.4, -0.2) is 22.0 Å². The minimum atomic E-state index is -0.844. The smallest absolute Gasteiger partial charge is 0.303 e. The molecule has 0 bridgehead atoms. The zero-order chi connectivity index (χ0) is 15.3. The number of nitrogens with one attached hydrogen (secondary N) is 1. The van der Waals surface area contributed by atoms with Gasteiger partial charge in [-0.3, -0.25) is 14.9 Å². The molecule has 0 saturated carbocycles. The van der Waals surface area contributed by atoms with Crippen LogP contribution in [0.1, 0.15) is 26.2 Å². The van der Waals surface area contributed by atoms with Gasteiger partial charge in [-0.15, -0.1) is 0 Å². The number of nitrogens with zero attached hydrogens (tertiary/aromatic N) is 1. The van der Waals surface area contributed by atoms with Crippen LogP contribution in [0.2, 0.25) is 10.0 Å². The number of nitro groups is 1. The fourth-order valence-electron chi connectivity index (χ4n) is 1.68. The molecule has 0 radical (unpaired) electrons. The summed E-state index contributed by atoms with van der Waals surface area (Å²) < 4.78 is 0. The molecule has 1 rings (SSSR count). The van der Waals surface area contributed by atoms with E-state index in [1.165, 1.54) is 12.1 Å².